The third-order valence-corrected chi connectivity index (χ3v) is 4.14. The van der Waals surface area contributed by atoms with Gasteiger partial charge in [-0.2, -0.15) is 16.7 Å². The van der Waals surface area contributed by atoms with E-state index in [1.807, 2.05) is 25.6 Å². The summed E-state index contributed by atoms with van der Waals surface area (Å²) >= 11 is 1.83. The minimum atomic E-state index is -0.0669. The molecule has 3 atom stereocenters. The molecule has 0 aromatic carbocycles. The number of hydrogen-bond donors (Lipinski definition) is 1. The number of aromatic nitrogens is 2. The molecule has 0 amide bonds. The lowest BCUT2D eigenvalue weighted by atomic mass is 10.1. The van der Waals surface area contributed by atoms with Crippen LogP contribution in [0, 0.1) is 0 Å². The van der Waals surface area contributed by atoms with E-state index in [1.54, 1.807) is 0 Å². The van der Waals surface area contributed by atoms with Gasteiger partial charge < -0.3 is 15.0 Å². The van der Waals surface area contributed by atoms with Crippen LogP contribution < -0.4 is 5.73 Å². The Bertz CT molecular complexity index is 358. The van der Waals surface area contributed by atoms with Gasteiger partial charge in [-0.15, -0.1) is 0 Å². The van der Waals surface area contributed by atoms with Crippen LogP contribution in [0.2, 0.25) is 0 Å². The van der Waals surface area contributed by atoms with Crippen molar-refractivity contribution in [2.45, 2.75) is 38.3 Å². The summed E-state index contributed by atoms with van der Waals surface area (Å²) in [7, 11) is 0. The molecule has 0 spiro atoms. The van der Waals surface area contributed by atoms with Gasteiger partial charge >= 0.3 is 0 Å². The van der Waals surface area contributed by atoms with E-state index < -0.39 is 0 Å². The van der Waals surface area contributed by atoms with Gasteiger partial charge in [-0.3, -0.25) is 0 Å². The summed E-state index contributed by atoms with van der Waals surface area (Å²) in [5, 5.41) is 4.01. The first-order chi connectivity index (χ1) is 8.26. The Morgan fingerprint density at radius 1 is 1.53 bits per heavy atom. The molecule has 3 unspecified atom stereocenters. The van der Waals surface area contributed by atoms with Gasteiger partial charge in [0.2, 0.25) is 11.7 Å². The van der Waals surface area contributed by atoms with Gasteiger partial charge in [-0.05, 0) is 13.3 Å². The van der Waals surface area contributed by atoms with Crippen LogP contribution in [-0.4, -0.2) is 34.3 Å². The first-order valence-electron chi connectivity index (χ1n) is 6.04. The maximum atomic E-state index is 6.01. The summed E-state index contributed by atoms with van der Waals surface area (Å²) in [6.45, 7) is 4.67. The molecule has 0 radical (unpaired) electrons. The van der Waals surface area contributed by atoms with Crippen LogP contribution in [0.1, 0.15) is 44.0 Å². The second-order valence-corrected chi connectivity index (χ2v) is 5.23. The molecular formula is C11H19N3O2S. The first kappa shape index (κ1) is 12.9. The van der Waals surface area contributed by atoms with E-state index >= 15 is 0 Å². The van der Waals surface area contributed by atoms with Gasteiger partial charge in [0.25, 0.3) is 0 Å². The largest absolute Gasteiger partial charge is 0.370 e. The standard InChI is InChI=1S/C11H19N3O2S/c1-3-9(15-4-2)10-13-11(16-14-10)7-5-17-6-8(7)12/h7-9H,3-6,12H2,1-2H3. The highest BCUT2D eigenvalue weighted by Crippen LogP contribution is 2.31. The lowest BCUT2D eigenvalue weighted by Gasteiger charge is -2.10. The van der Waals surface area contributed by atoms with Crippen molar-refractivity contribution >= 4 is 11.8 Å². The fraction of sp³-hybridized carbons (Fsp3) is 0.818. The Kier molecular flexibility index (Phi) is 4.42. The molecule has 1 aliphatic rings. The average molecular weight is 257 g/mol. The number of ether oxygens (including phenoxy) is 1. The molecule has 6 heteroatoms. The van der Waals surface area contributed by atoms with E-state index in [4.69, 9.17) is 15.0 Å². The average Bonchev–Trinajstić information content (AvgIpc) is 2.94. The zero-order chi connectivity index (χ0) is 12.3. The van der Waals surface area contributed by atoms with Crippen molar-refractivity contribution in [2.75, 3.05) is 18.1 Å². The Morgan fingerprint density at radius 3 is 2.94 bits per heavy atom. The molecule has 0 saturated carbocycles. The Labute approximate surface area is 105 Å². The van der Waals surface area contributed by atoms with Crippen molar-refractivity contribution in [2.24, 2.45) is 5.73 Å². The molecular weight excluding hydrogens is 238 g/mol. The molecule has 2 N–H and O–H groups in total. The smallest absolute Gasteiger partial charge is 0.232 e. The van der Waals surface area contributed by atoms with Crippen molar-refractivity contribution < 1.29 is 9.26 Å². The third kappa shape index (κ3) is 2.81. The monoisotopic (exact) mass is 257 g/mol. The first-order valence-corrected chi connectivity index (χ1v) is 7.20. The van der Waals surface area contributed by atoms with E-state index in [2.05, 4.69) is 10.1 Å². The molecule has 96 valence electrons. The fourth-order valence-electron chi connectivity index (χ4n) is 1.93. The van der Waals surface area contributed by atoms with Crippen molar-refractivity contribution in [1.29, 1.82) is 0 Å². The van der Waals surface area contributed by atoms with E-state index in [0.29, 0.717) is 18.3 Å². The normalized spacial score (nSPS) is 26.3. The van der Waals surface area contributed by atoms with Gasteiger partial charge in [0.1, 0.15) is 6.10 Å². The zero-order valence-electron chi connectivity index (χ0n) is 10.3. The Morgan fingerprint density at radius 2 is 2.35 bits per heavy atom. The van der Waals surface area contributed by atoms with Crippen molar-refractivity contribution in [3.05, 3.63) is 11.7 Å². The third-order valence-electron chi connectivity index (χ3n) is 2.93. The molecule has 1 saturated heterocycles. The lowest BCUT2D eigenvalue weighted by molar-refractivity contribution is 0.0518. The van der Waals surface area contributed by atoms with E-state index in [9.17, 15) is 0 Å². The summed E-state index contributed by atoms with van der Waals surface area (Å²) in [5.41, 5.74) is 6.01. The number of thioether (sulfide) groups is 1. The summed E-state index contributed by atoms with van der Waals surface area (Å²) in [4.78, 5) is 4.44. The minimum absolute atomic E-state index is 0.0669. The zero-order valence-corrected chi connectivity index (χ0v) is 11.1. The summed E-state index contributed by atoms with van der Waals surface area (Å²) in [5.74, 6) is 3.43. The highest BCUT2D eigenvalue weighted by molar-refractivity contribution is 7.99. The van der Waals surface area contributed by atoms with Crippen molar-refractivity contribution in [3.63, 3.8) is 0 Å². The van der Waals surface area contributed by atoms with E-state index in [1.165, 1.54) is 0 Å². The summed E-state index contributed by atoms with van der Waals surface area (Å²) in [6, 6.07) is 0.125. The predicted octanol–water partition coefficient (Wildman–Crippen LogP) is 1.71. The maximum Gasteiger partial charge on any atom is 0.232 e. The molecule has 5 nitrogen and oxygen atoms in total. The van der Waals surface area contributed by atoms with Crippen molar-refractivity contribution in [3.8, 4) is 0 Å². The molecule has 1 aromatic heterocycles. The predicted molar refractivity (Wildman–Crippen MR) is 67.0 cm³/mol. The summed E-state index contributed by atoms with van der Waals surface area (Å²) in [6.07, 6.45) is 0.779. The molecule has 2 heterocycles. The van der Waals surface area contributed by atoms with Gasteiger partial charge in [0.05, 0.1) is 5.92 Å². The van der Waals surface area contributed by atoms with E-state index in [0.717, 1.165) is 17.9 Å². The molecule has 1 fully saturated rings. The fourth-order valence-corrected chi connectivity index (χ4v) is 3.21. The van der Waals surface area contributed by atoms with Crippen LogP contribution in [0.3, 0.4) is 0 Å². The van der Waals surface area contributed by atoms with Gasteiger partial charge in [-0.25, -0.2) is 0 Å². The van der Waals surface area contributed by atoms with E-state index in [-0.39, 0.29) is 18.1 Å². The topological polar surface area (TPSA) is 74.2 Å². The van der Waals surface area contributed by atoms with Crippen LogP contribution >= 0.6 is 11.8 Å². The lowest BCUT2D eigenvalue weighted by Crippen LogP contribution is -2.26. The SMILES string of the molecule is CCOC(CC)c1noc(C2CSCC2N)n1. The van der Waals surface area contributed by atoms with Gasteiger partial charge in [-0.1, -0.05) is 12.1 Å². The van der Waals surface area contributed by atoms with Crippen LogP contribution in [0.4, 0.5) is 0 Å². The molecule has 0 bridgehead atoms. The van der Waals surface area contributed by atoms with Crippen LogP contribution in [0.15, 0.2) is 4.52 Å². The molecule has 2 rings (SSSR count). The minimum Gasteiger partial charge on any atom is -0.370 e. The highest BCUT2D eigenvalue weighted by Gasteiger charge is 2.31. The quantitative estimate of drug-likeness (QED) is 0.865. The molecule has 1 aliphatic heterocycles. The Balaban J connectivity index is 2.09. The molecule has 17 heavy (non-hydrogen) atoms. The summed E-state index contributed by atoms with van der Waals surface area (Å²) < 4.78 is 10.9. The molecule has 1 aromatic rings. The van der Waals surface area contributed by atoms with Crippen LogP contribution in [-0.2, 0) is 4.74 Å². The van der Waals surface area contributed by atoms with Crippen LogP contribution in [0.5, 0.6) is 0 Å². The van der Waals surface area contributed by atoms with Gasteiger partial charge in [0.15, 0.2) is 0 Å². The second-order valence-electron chi connectivity index (χ2n) is 4.15. The van der Waals surface area contributed by atoms with Crippen LogP contribution in [0.25, 0.3) is 0 Å². The number of nitrogens with zero attached hydrogens (tertiary/aromatic N) is 2. The maximum absolute atomic E-state index is 6.01. The second kappa shape index (κ2) is 5.84. The Hall–Kier alpha value is -0.590. The molecule has 0 aliphatic carbocycles. The number of hydrogen-bond acceptors (Lipinski definition) is 6. The van der Waals surface area contributed by atoms with Gasteiger partial charge in [0, 0.05) is 24.2 Å². The highest BCUT2D eigenvalue weighted by atomic mass is 32.2. The van der Waals surface area contributed by atoms with Crippen molar-refractivity contribution in [1.82, 2.24) is 10.1 Å². The number of rotatable bonds is 5. The number of nitrogens with two attached hydrogens (primary N) is 1.